The number of rotatable bonds is 5. The van der Waals surface area contributed by atoms with Crippen molar-refractivity contribution >= 4 is 0 Å². The molecule has 4 rings (SSSR count). The van der Waals surface area contributed by atoms with Crippen LogP contribution < -0.4 is 0 Å². The number of hydrogen-bond acceptors (Lipinski definition) is 5. The van der Waals surface area contributed by atoms with E-state index in [1.165, 1.54) is 25.9 Å². The Kier molecular flexibility index (Phi) is 5.64. The molecule has 3 atom stereocenters. The van der Waals surface area contributed by atoms with E-state index in [4.69, 9.17) is 4.42 Å². The van der Waals surface area contributed by atoms with E-state index in [9.17, 15) is 0 Å². The van der Waals surface area contributed by atoms with Crippen LogP contribution >= 0.6 is 0 Å². The summed E-state index contributed by atoms with van der Waals surface area (Å²) in [5.74, 6) is 4.94. The van der Waals surface area contributed by atoms with Gasteiger partial charge in [-0.2, -0.15) is 0 Å². The minimum atomic E-state index is 0.476. The molecule has 0 bridgehead atoms. The van der Waals surface area contributed by atoms with Gasteiger partial charge in [0.25, 0.3) is 0 Å². The van der Waals surface area contributed by atoms with Crippen molar-refractivity contribution in [1.29, 1.82) is 0 Å². The first-order chi connectivity index (χ1) is 13.1. The highest BCUT2D eigenvalue weighted by atomic mass is 16.4. The molecule has 2 aromatic heterocycles. The van der Waals surface area contributed by atoms with Gasteiger partial charge in [0.1, 0.15) is 11.6 Å². The highest BCUT2D eigenvalue weighted by Crippen LogP contribution is 2.34. The molecule has 2 aliphatic heterocycles. The van der Waals surface area contributed by atoms with E-state index in [1.54, 1.807) is 0 Å². The Morgan fingerprint density at radius 1 is 1.07 bits per heavy atom. The van der Waals surface area contributed by atoms with Gasteiger partial charge in [-0.1, -0.05) is 13.8 Å². The maximum Gasteiger partial charge on any atom is 0.208 e. The molecule has 27 heavy (non-hydrogen) atoms. The van der Waals surface area contributed by atoms with Crippen LogP contribution in [0.4, 0.5) is 0 Å². The van der Waals surface area contributed by atoms with Crippen molar-refractivity contribution in [3.63, 3.8) is 0 Å². The van der Waals surface area contributed by atoms with Gasteiger partial charge < -0.3 is 8.98 Å². The first-order valence-electron chi connectivity index (χ1n) is 10.4. The minimum absolute atomic E-state index is 0.476. The predicted molar refractivity (Wildman–Crippen MR) is 105 cm³/mol. The first-order valence-corrected chi connectivity index (χ1v) is 10.4. The molecule has 2 fully saturated rings. The van der Waals surface area contributed by atoms with Crippen LogP contribution in [0, 0.1) is 11.8 Å². The zero-order valence-corrected chi connectivity index (χ0v) is 17.0. The van der Waals surface area contributed by atoms with Crippen molar-refractivity contribution in [2.75, 3.05) is 26.2 Å². The van der Waals surface area contributed by atoms with Gasteiger partial charge in [-0.3, -0.25) is 9.80 Å². The van der Waals surface area contributed by atoms with Crippen LogP contribution in [0.5, 0.6) is 0 Å². The Hall–Kier alpha value is -1.66. The number of oxazole rings is 1. The third-order valence-corrected chi connectivity index (χ3v) is 6.31. The molecule has 0 saturated carbocycles. The topological polar surface area (TPSA) is 50.3 Å². The number of imidazole rings is 1. The summed E-state index contributed by atoms with van der Waals surface area (Å²) in [6.45, 7) is 11.0. The second kappa shape index (κ2) is 8.15. The Morgan fingerprint density at radius 2 is 1.93 bits per heavy atom. The summed E-state index contributed by atoms with van der Waals surface area (Å²) in [7, 11) is 2.07. The van der Waals surface area contributed by atoms with Crippen LogP contribution in [0.3, 0.4) is 0 Å². The molecule has 6 nitrogen and oxygen atoms in total. The van der Waals surface area contributed by atoms with Crippen LogP contribution in [-0.4, -0.2) is 50.5 Å². The third kappa shape index (κ3) is 4.43. The number of piperidine rings is 2. The summed E-state index contributed by atoms with van der Waals surface area (Å²) in [5, 5.41) is 0. The first kappa shape index (κ1) is 18.7. The standard InChI is InChI=1S/C21H33N5O/c1-16-5-4-8-25(12-16)15-21-23-11-19(27-21)18-6-9-26(13-17(18)2)14-20-22-7-10-24(20)3/h7,10-11,16-18H,4-6,8-9,12-15H2,1-3H3. The zero-order chi connectivity index (χ0) is 18.8. The lowest BCUT2D eigenvalue weighted by Gasteiger charge is -2.35. The largest absolute Gasteiger partial charge is 0.444 e. The lowest BCUT2D eigenvalue weighted by Crippen LogP contribution is -2.38. The lowest BCUT2D eigenvalue weighted by atomic mass is 9.85. The molecule has 3 unspecified atom stereocenters. The molecule has 0 aromatic carbocycles. The zero-order valence-electron chi connectivity index (χ0n) is 17.0. The molecule has 0 aliphatic carbocycles. The van der Waals surface area contributed by atoms with Gasteiger partial charge in [-0.25, -0.2) is 9.97 Å². The summed E-state index contributed by atoms with van der Waals surface area (Å²) in [4.78, 5) is 14.1. The Bertz CT molecular complexity index is 739. The molecule has 0 N–H and O–H groups in total. The van der Waals surface area contributed by atoms with Crippen molar-refractivity contribution in [2.24, 2.45) is 18.9 Å². The third-order valence-electron chi connectivity index (χ3n) is 6.31. The van der Waals surface area contributed by atoms with Crippen LogP contribution in [0.1, 0.15) is 56.5 Å². The summed E-state index contributed by atoms with van der Waals surface area (Å²) in [6.07, 6.45) is 9.65. The quantitative estimate of drug-likeness (QED) is 0.807. The lowest BCUT2D eigenvalue weighted by molar-refractivity contribution is 0.136. The van der Waals surface area contributed by atoms with Crippen molar-refractivity contribution in [1.82, 2.24) is 24.3 Å². The number of nitrogens with zero attached hydrogens (tertiary/aromatic N) is 5. The molecule has 2 saturated heterocycles. The Morgan fingerprint density at radius 3 is 2.67 bits per heavy atom. The fraction of sp³-hybridized carbons (Fsp3) is 0.714. The molecular weight excluding hydrogens is 338 g/mol. The second-order valence-electron chi connectivity index (χ2n) is 8.70. The van der Waals surface area contributed by atoms with Crippen LogP contribution in [0.2, 0.25) is 0 Å². The Balaban J connectivity index is 1.33. The fourth-order valence-electron chi connectivity index (χ4n) is 4.74. The highest BCUT2D eigenvalue weighted by Gasteiger charge is 2.30. The van der Waals surface area contributed by atoms with Crippen molar-refractivity contribution in [3.8, 4) is 0 Å². The average Bonchev–Trinajstić information content (AvgIpc) is 3.25. The van der Waals surface area contributed by atoms with E-state index in [2.05, 4.69) is 45.2 Å². The molecule has 148 valence electrons. The van der Waals surface area contributed by atoms with Gasteiger partial charge in [0, 0.05) is 38.4 Å². The van der Waals surface area contributed by atoms with Crippen LogP contribution in [0.25, 0.3) is 0 Å². The van der Waals surface area contributed by atoms with Gasteiger partial charge in [0.05, 0.1) is 19.3 Å². The molecular formula is C21H33N5O. The average molecular weight is 372 g/mol. The summed E-state index contributed by atoms with van der Waals surface area (Å²) in [5.41, 5.74) is 0. The second-order valence-corrected chi connectivity index (χ2v) is 8.70. The van der Waals surface area contributed by atoms with Crippen LogP contribution in [0.15, 0.2) is 23.0 Å². The fourth-order valence-corrected chi connectivity index (χ4v) is 4.74. The number of likely N-dealkylation sites (tertiary alicyclic amines) is 2. The maximum absolute atomic E-state index is 6.20. The SMILES string of the molecule is CC1CCCN(Cc2ncc(C3CCN(Cc4nccn4C)CC3C)o2)C1. The molecule has 2 aliphatic rings. The van der Waals surface area contributed by atoms with E-state index in [1.807, 2.05) is 18.6 Å². The predicted octanol–water partition coefficient (Wildman–Crippen LogP) is 3.27. The van der Waals surface area contributed by atoms with Gasteiger partial charge in [-0.05, 0) is 44.2 Å². The maximum atomic E-state index is 6.20. The molecule has 0 spiro atoms. The van der Waals surface area contributed by atoms with Crippen molar-refractivity contribution in [3.05, 3.63) is 36.1 Å². The molecule has 6 heteroatoms. The van der Waals surface area contributed by atoms with Gasteiger partial charge >= 0.3 is 0 Å². The van der Waals surface area contributed by atoms with E-state index in [0.717, 1.165) is 56.0 Å². The van der Waals surface area contributed by atoms with E-state index >= 15 is 0 Å². The van der Waals surface area contributed by atoms with Crippen molar-refractivity contribution < 1.29 is 4.42 Å². The summed E-state index contributed by atoms with van der Waals surface area (Å²) in [6, 6.07) is 0. The number of aromatic nitrogens is 3. The Labute approximate surface area is 162 Å². The monoisotopic (exact) mass is 371 g/mol. The normalized spacial score (nSPS) is 27.9. The highest BCUT2D eigenvalue weighted by molar-refractivity contribution is 5.06. The summed E-state index contributed by atoms with van der Waals surface area (Å²) >= 11 is 0. The molecule has 0 amide bonds. The molecule has 0 radical (unpaired) electrons. The van der Waals surface area contributed by atoms with E-state index in [-0.39, 0.29) is 0 Å². The summed E-state index contributed by atoms with van der Waals surface area (Å²) < 4.78 is 8.32. The van der Waals surface area contributed by atoms with E-state index < -0.39 is 0 Å². The van der Waals surface area contributed by atoms with Crippen molar-refractivity contribution in [2.45, 2.75) is 52.1 Å². The molecule has 4 heterocycles. The van der Waals surface area contributed by atoms with E-state index in [0.29, 0.717) is 11.8 Å². The number of hydrogen-bond donors (Lipinski definition) is 0. The van der Waals surface area contributed by atoms with Gasteiger partial charge in [0.15, 0.2) is 0 Å². The molecule has 2 aromatic rings. The van der Waals surface area contributed by atoms with Crippen LogP contribution in [-0.2, 0) is 20.1 Å². The van der Waals surface area contributed by atoms with Gasteiger partial charge in [-0.15, -0.1) is 0 Å². The number of aryl methyl sites for hydroxylation is 1. The van der Waals surface area contributed by atoms with Gasteiger partial charge in [0.2, 0.25) is 5.89 Å². The smallest absolute Gasteiger partial charge is 0.208 e. The minimum Gasteiger partial charge on any atom is -0.444 e.